The predicted molar refractivity (Wildman–Crippen MR) is 62.8 cm³/mol. The minimum absolute atomic E-state index is 0.0907. The van der Waals surface area contributed by atoms with Crippen molar-refractivity contribution < 1.29 is 28.3 Å². The van der Waals surface area contributed by atoms with Gasteiger partial charge in [-0.25, -0.2) is 4.79 Å². The van der Waals surface area contributed by atoms with Gasteiger partial charge in [-0.05, 0) is 27.7 Å². The zero-order chi connectivity index (χ0) is 13.5. The molecule has 1 N–H and O–H groups in total. The third-order valence-corrected chi connectivity index (χ3v) is 3.93. The summed E-state index contributed by atoms with van der Waals surface area (Å²) in [4.78, 5) is 11.6. The number of carbonyl (C=O) groups excluding carboxylic acids is 1. The standard InChI is InChI=1S/C10H19O6P/c1-5-14-10(12)9(8(4)11)17(13,15-6-2)16-7-3/h11H,5-7H2,1-4H3/b9-8+. The Labute approximate surface area is 101 Å². The molecule has 0 aromatic carbocycles. The number of ether oxygens (including phenoxy) is 1. The topological polar surface area (TPSA) is 82.1 Å². The molecule has 17 heavy (non-hydrogen) atoms. The van der Waals surface area contributed by atoms with Crippen molar-refractivity contribution in [2.24, 2.45) is 0 Å². The van der Waals surface area contributed by atoms with Crippen LogP contribution in [-0.4, -0.2) is 30.9 Å². The van der Waals surface area contributed by atoms with E-state index < -0.39 is 24.6 Å². The first-order valence-electron chi connectivity index (χ1n) is 5.39. The van der Waals surface area contributed by atoms with Crippen molar-refractivity contribution in [2.45, 2.75) is 27.7 Å². The van der Waals surface area contributed by atoms with Gasteiger partial charge in [0.1, 0.15) is 5.76 Å². The number of aliphatic hydroxyl groups excluding tert-OH is 1. The molecule has 7 heteroatoms. The highest BCUT2D eigenvalue weighted by Crippen LogP contribution is 2.57. The fraction of sp³-hybridized carbons (Fsp3) is 0.700. The molecule has 0 aliphatic carbocycles. The average molecular weight is 266 g/mol. The van der Waals surface area contributed by atoms with Gasteiger partial charge in [-0.2, -0.15) is 0 Å². The lowest BCUT2D eigenvalue weighted by molar-refractivity contribution is -0.138. The molecule has 0 aliphatic rings. The number of hydrogen-bond acceptors (Lipinski definition) is 6. The maximum atomic E-state index is 12.3. The molecule has 0 heterocycles. The van der Waals surface area contributed by atoms with Gasteiger partial charge < -0.3 is 18.9 Å². The molecule has 100 valence electrons. The zero-order valence-electron chi connectivity index (χ0n) is 10.6. The molecule has 0 aromatic heterocycles. The van der Waals surface area contributed by atoms with Crippen molar-refractivity contribution in [3.05, 3.63) is 11.1 Å². The largest absolute Gasteiger partial charge is 0.511 e. The molecule has 0 saturated carbocycles. The van der Waals surface area contributed by atoms with E-state index in [0.717, 1.165) is 0 Å². The highest BCUT2D eigenvalue weighted by atomic mass is 31.2. The van der Waals surface area contributed by atoms with Crippen molar-refractivity contribution in [3.8, 4) is 0 Å². The molecular formula is C10H19O6P. The molecule has 0 fully saturated rings. The van der Waals surface area contributed by atoms with Crippen LogP contribution >= 0.6 is 7.60 Å². The van der Waals surface area contributed by atoms with Crippen LogP contribution in [0, 0.1) is 0 Å². The first-order chi connectivity index (χ1) is 7.92. The normalized spacial score (nSPS) is 13.2. The molecule has 0 unspecified atom stereocenters. The Balaban J connectivity index is 5.35. The summed E-state index contributed by atoms with van der Waals surface area (Å²) in [7, 11) is -3.82. The molecule has 6 nitrogen and oxygen atoms in total. The lowest BCUT2D eigenvalue weighted by atomic mass is 10.5. The number of aliphatic hydroxyl groups is 1. The summed E-state index contributed by atoms with van der Waals surface area (Å²) in [6, 6.07) is 0. The Kier molecular flexibility index (Phi) is 7.11. The molecule has 0 aromatic rings. The highest BCUT2D eigenvalue weighted by Gasteiger charge is 2.38. The molecule has 0 rings (SSSR count). The van der Waals surface area contributed by atoms with E-state index in [9.17, 15) is 14.5 Å². The Morgan fingerprint density at radius 1 is 1.12 bits per heavy atom. The maximum Gasteiger partial charge on any atom is 0.372 e. The predicted octanol–water partition coefficient (Wildman–Crippen LogP) is 2.61. The monoisotopic (exact) mass is 266 g/mol. The van der Waals surface area contributed by atoms with Gasteiger partial charge in [0.2, 0.25) is 0 Å². The summed E-state index contributed by atoms with van der Waals surface area (Å²) in [6.45, 7) is 6.35. The van der Waals surface area contributed by atoms with Gasteiger partial charge in [0.25, 0.3) is 0 Å². The minimum atomic E-state index is -3.82. The summed E-state index contributed by atoms with van der Waals surface area (Å²) in [5.41, 5.74) is 0. The van der Waals surface area contributed by atoms with E-state index in [2.05, 4.69) is 0 Å². The van der Waals surface area contributed by atoms with Crippen molar-refractivity contribution in [3.63, 3.8) is 0 Å². The molecule has 0 spiro atoms. The van der Waals surface area contributed by atoms with E-state index in [1.54, 1.807) is 20.8 Å². The third-order valence-electron chi connectivity index (χ3n) is 1.68. The summed E-state index contributed by atoms with van der Waals surface area (Å²) < 4.78 is 27.0. The highest BCUT2D eigenvalue weighted by molar-refractivity contribution is 7.60. The summed E-state index contributed by atoms with van der Waals surface area (Å²) in [6.07, 6.45) is 0. The number of rotatable bonds is 7. The second kappa shape index (κ2) is 7.48. The lowest BCUT2D eigenvalue weighted by Gasteiger charge is -2.19. The lowest BCUT2D eigenvalue weighted by Crippen LogP contribution is -2.13. The average Bonchev–Trinajstić information content (AvgIpc) is 2.17. The first kappa shape index (κ1) is 16.2. The van der Waals surface area contributed by atoms with Crippen LogP contribution in [0.4, 0.5) is 0 Å². The number of allylic oxidation sites excluding steroid dienone is 1. The van der Waals surface area contributed by atoms with Gasteiger partial charge in [-0.3, -0.25) is 4.57 Å². The van der Waals surface area contributed by atoms with Gasteiger partial charge in [0.15, 0.2) is 5.31 Å². The van der Waals surface area contributed by atoms with E-state index in [-0.39, 0.29) is 19.8 Å². The second-order valence-corrected chi connectivity index (χ2v) is 4.95. The van der Waals surface area contributed by atoms with Gasteiger partial charge >= 0.3 is 13.6 Å². The van der Waals surface area contributed by atoms with Gasteiger partial charge in [0.05, 0.1) is 19.8 Å². The second-order valence-electron chi connectivity index (χ2n) is 2.99. The fourth-order valence-corrected chi connectivity index (χ4v) is 2.86. The minimum Gasteiger partial charge on any atom is -0.511 e. The number of carbonyl (C=O) groups is 1. The third kappa shape index (κ3) is 4.50. The van der Waals surface area contributed by atoms with Crippen molar-refractivity contribution in [1.29, 1.82) is 0 Å². The van der Waals surface area contributed by atoms with Crippen molar-refractivity contribution >= 4 is 13.6 Å². The van der Waals surface area contributed by atoms with E-state index >= 15 is 0 Å². The van der Waals surface area contributed by atoms with Crippen LogP contribution in [0.15, 0.2) is 11.1 Å². The maximum absolute atomic E-state index is 12.3. The molecule has 0 bridgehead atoms. The van der Waals surface area contributed by atoms with Crippen LogP contribution in [0.5, 0.6) is 0 Å². The van der Waals surface area contributed by atoms with Gasteiger partial charge in [-0.1, -0.05) is 0 Å². The Morgan fingerprint density at radius 2 is 1.59 bits per heavy atom. The summed E-state index contributed by atoms with van der Waals surface area (Å²) in [5, 5.41) is 9.00. The Bertz CT molecular complexity index is 322. The van der Waals surface area contributed by atoms with Crippen LogP contribution < -0.4 is 0 Å². The van der Waals surface area contributed by atoms with Crippen LogP contribution in [0.2, 0.25) is 0 Å². The SMILES string of the molecule is CCOC(=O)/C(=C(/C)O)P(=O)(OCC)OCC. The van der Waals surface area contributed by atoms with Crippen LogP contribution in [0.25, 0.3) is 0 Å². The van der Waals surface area contributed by atoms with Crippen LogP contribution in [-0.2, 0) is 23.1 Å². The Morgan fingerprint density at radius 3 is 1.88 bits per heavy atom. The molecular weight excluding hydrogens is 247 g/mol. The molecule has 0 aliphatic heterocycles. The van der Waals surface area contributed by atoms with E-state index in [4.69, 9.17) is 13.8 Å². The van der Waals surface area contributed by atoms with Crippen LogP contribution in [0.1, 0.15) is 27.7 Å². The molecule has 0 saturated heterocycles. The quantitative estimate of drug-likeness (QED) is 0.330. The van der Waals surface area contributed by atoms with Crippen molar-refractivity contribution in [1.82, 2.24) is 0 Å². The van der Waals surface area contributed by atoms with Gasteiger partial charge in [-0.15, -0.1) is 0 Å². The number of hydrogen-bond donors (Lipinski definition) is 1. The van der Waals surface area contributed by atoms with E-state index in [0.29, 0.717) is 0 Å². The van der Waals surface area contributed by atoms with Crippen molar-refractivity contribution in [2.75, 3.05) is 19.8 Å². The van der Waals surface area contributed by atoms with E-state index in [1.807, 2.05) is 0 Å². The fourth-order valence-electron chi connectivity index (χ4n) is 1.16. The van der Waals surface area contributed by atoms with E-state index in [1.165, 1.54) is 6.92 Å². The van der Waals surface area contributed by atoms with Crippen LogP contribution in [0.3, 0.4) is 0 Å². The molecule has 0 atom stereocenters. The Hall–Kier alpha value is -0.840. The first-order valence-corrected chi connectivity index (χ1v) is 6.93. The molecule has 0 radical (unpaired) electrons. The number of esters is 1. The smallest absolute Gasteiger partial charge is 0.372 e. The van der Waals surface area contributed by atoms with Gasteiger partial charge in [0, 0.05) is 0 Å². The summed E-state index contributed by atoms with van der Waals surface area (Å²) >= 11 is 0. The molecule has 0 amide bonds. The zero-order valence-corrected chi connectivity index (χ0v) is 11.5. The summed E-state index contributed by atoms with van der Waals surface area (Å²) in [5.74, 6) is -1.31.